The van der Waals surface area contributed by atoms with Crippen LogP contribution in [-0.2, 0) is 0 Å². The zero-order chi connectivity index (χ0) is 12.4. The second-order valence-electron chi connectivity index (χ2n) is 4.71. The van der Waals surface area contributed by atoms with Gasteiger partial charge in [0.2, 0.25) is 0 Å². The second kappa shape index (κ2) is 4.70. The lowest BCUT2D eigenvalue weighted by atomic mass is 10.1. The molecule has 0 amide bonds. The summed E-state index contributed by atoms with van der Waals surface area (Å²) >= 11 is 0. The maximum atomic E-state index is 5.92. The Morgan fingerprint density at radius 2 is 2.35 bits per heavy atom. The lowest BCUT2D eigenvalue weighted by Gasteiger charge is -2.36. The predicted molar refractivity (Wildman–Crippen MR) is 72.6 cm³/mol. The van der Waals surface area contributed by atoms with Crippen molar-refractivity contribution in [3.8, 4) is 5.75 Å². The fourth-order valence-corrected chi connectivity index (χ4v) is 2.14. The van der Waals surface area contributed by atoms with Gasteiger partial charge in [0.05, 0.1) is 12.2 Å². The van der Waals surface area contributed by atoms with E-state index in [1.165, 1.54) is 0 Å². The number of hydrogen-bond donors (Lipinski definition) is 1. The highest BCUT2D eigenvalue weighted by Crippen LogP contribution is 2.35. The van der Waals surface area contributed by atoms with Crippen molar-refractivity contribution in [3.63, 3.8) is 0 Å². The van der Waals surface area contributed by atoms with Gasteiger partial charge in [0.25, 0.3) is 0 Å². The van der Waals surface area contributed by atoms with Gasteiger partial charge in [-0.05, 0) is 25.5 Å². The molecule has 0 spiro atoms. The van der Waals surface area contributed by atoms with Crippen LogP contribution in [0.4, 0.5) is 11.4 Å². The number of rotatable bonds is 3. The van der Waals surface area contributed by atoms with E-state index >= 15 is 0 Å². The molecule has 1 unspecified atom stereocenters. The third-order valence-electron chi connectivity index (χ3n) is 2.96. The molecule has 1 atom stereocenters. The number of fused-ring (bicyclic) bond motifs is 1. The van der Waals surface area contributed by atoms with Crippen LogP contribution >= 0.6 is 0 Å². The van der Waals surface area contributed by atoms with Gasteiger partial charge in [0.15, 0.2) is 0 Å². The molecule has 1 aliphatic rings. The van der Waals surface area contributed by atoms with Crippen molar-refractivity contribution in [1.29, 1.82) is 0 Å². The van der Waals surface area contributed by atoms with Gasteiger partial charge in [-0.2, -0.15) is 0 Å². The van der Waals surface area contributed by atoms with Crippen LogP contribution in [0.1, 0.15) is 20.3 Å². The van der Waals surface area contributed by atoms with Gasteiger partial charge in [-0.25, -0.2) is 0 Å². The van der Waals surface area contributed by atoms with Crippen LogP contribution in [0.2, 0.25) is 0 Å². The van der Waals surface area contributed by atoms with Gasteiger partial charge >= 0.3 is 0 Å². The van der Waals surface area contributed by atoms with Crippen LogP contribution in [0.3, 0.4) is 0 Å². The Bertz CT molecular complexity index is 428. The fraction of sp³-hybridized carbons (Fsp3) is 0.429. The molecule has 0 aromatic heterocycles. The Labute approximate surface area is 103 Å². The molecule has 2 rings (SSSR count). The Morgan fingerprint density at radius 3 is 3.00 bits per heavy atom. The predicted octanol–water partition coefficient (Wildman–Crippen LogP) is 2.82. The van der Waals surface area contributed by atoms with Crippen molar-refractivity contribution in [2.75, 3.05) is 23.7 Å². The van der Waals surface area contributed by atoms with E-state index in [9.17, 15) is 0 Å². The monoisotopic (exact) mass is 232 g/mol. The SMILES string of the molecule is C=C(C)CN1CC(CC)Oc2cc(N)ccc21. The minimum atomic E-state index is 0.239. The molecule has 1 aliphatic heterocycles. The van der Waals surface area contributed by atoms with Gasteiger partial charge in [-0.1, -0.05) is 19.1 Å². The van der Waals surface area contributed by atoms with Crippen LogP contribution in [0, 0.1) is 0 Å². The Hall–Kier alpha value is -1.64. The van der Waals surface area contributed by atoms with Crippen LogP contribution in [0.25, 0.3) is 0 Å². The van der Waals surface area contributed by atoms with Crippen molar-refractivity contribution in [2.24, 2.45) is 0 Å². The Morgan fingerprint density at radius 1 is 1.59 bits per heavy atom. The topological polar surface area (TPSA) is 38.5 Å². The first kappa shape index (κ1) is 11.8. The minimum Gasteiger partial charge on any atom is -0.486 e. The van der Waals surface area contributed by atoms with E-state index in [0.717, 1.165) is 42.2 Å². The third-order valence-corrected chi connectivity index (χ3v) is 2.96. The van der Waals surface area contributed by atoms with E-state index in [1.54, 1.807) is 0 Å². The average Bonchev–Trinajstić information content (AvgIpc) is 2.27. The lowest BCUT2D eigenvalue weighted by molar-refractivity contribution is 0.190. The number of nitrogen functional groups attached to an aromatic ring is 1. The normalized spacial score (nSPS) is 18.5. The first-order chi connectivity index (χ1) is 8.10. The maximum absolute atomic E-state index is 5.92. The van der Waals surface area contributed by atoms with Crippen molar-refractivity contribution in [3.05, 3.63) is 30.4 Å². The van der Waals surface area contributed by atoms with E-state index in [1.807, 2.05) is 25.1 Å². The van der Waals surface area contributed by atoms with Crippen molar-refractivity contribution in [2.45, 2.75) is 26.4 Å². The summed E-state index contributed by atoms with van der Waals surface area (Å²) in [5.41, 5.74) is 8.82. The molecule has 0 bridgehead atoms. The molecule has 3 heteroatoms. The summed E-state index contributed by atoms with van der Waals surface area (Å²) in [5.74, 6) is 0.893. The van der Waals surface area contributed by atoms with Gasteiger partial charge in [-0.15, -0.1) is 0 Å². The van der Waals surface area contributed by atoms with Crippen molar-refractivity contribution < 1.29 is 4.74 Å². The van der Waals surface area contributed by atoms with Gasteiger partial charge in [0, 0.05) is 18.3 Å². The van der Waals surface area contributed by atoms with Gasteiger partial charge < -0.3 is 15.4 Å². The number of nitrogens with two attached hydrogens (primary N) is 1. The quantitative estimate of drug-likeness (QED) is 0.643. The molecule has 0 saturated carbocycles. The molecule has 2 N–H and O–H groups in total. The van der Waals surface area contributed by atoms with E-state index < -0.39 is 0 Å². The highest BCUT2D eigenvalue weighted by Gasteiger charge is 2.24. The summed E-state index contributed by atoms with van der Waals surface area (Å²) in [6.07, 6.45) is 1.24. The largest absolute Gasteiger partial charge is 0.486 e. The summed E-state index contributed by atoms with van der Waals surface area (Å²) in [5, 5.41) is 0. The number of ether oxygens (including phenoxy) is 1. The molecule has 92 valence electrons. The van der Waals surface area contributed by atoms with Gasteiger partial charge in [-0.3, -0.25) is 0 Å². The summed E-state index contributed by atoms with van der Waals surface area (Å²) < 4.78 is 5.92. The van der Waals surface area contributed by atoms with E-state index in [2.05, 4.69) is 18.4 Å². The molecule has 0 aliphatic carbocycles. The average molecular weight is 232 g/mol. The van der Waals surface area contributed by atoms with Gasteiger partial charge in [0.1, 0.15) is 11.9 Å². The third kappa shape index (κ3) is 2.54. The molecule has 1 aromatic carbocycles. The van der Waals surface area contributed by atoms with E-state index in [0.29, 0.717) is 0 Å². The summed E-state index contributed by atoms with van der Waals surface area (Å²) in [6, 6.07) is 5.85. The smallest absolute Gasteiger partial charge is 0.145 e. The maximum Gasteiger partial charge on any atom is 0.145 e. The molecule has 1 heterocycles. The van der Waals surface area contributed by atoms with E-state index in [-0.39, 0.29) is 6.10 Å². The van der Waals surface area contributed by atoms with Crippen LogP contribution < -0.4 is 15.4 Å². The highest BCUT2D eigenvalue weighted by atomic mass is 16.5. The van der Waals surface area contributed by atoms with Crippen LogP contribution in [-0.4, -0.2) is 19.2 Å². The summed E-state index contributed by atoms with van der Waals surface area (Å²) in [6.45, 7) is 9.96. The Kier molecular flexibility index (Phi) is 3.27. The summed E-state index contributed by atoms with van der Waals surface area (Å²) in [4.78, 5) is 2.31. The molecule has 3 nitrogen and oxygen atoms in total. The molecule has 0 fully saturated rings. The van der Waals surface area contributed by atoms with Crippen molar-refractivity contribution in [1.82, 2.24) is 0 Å². The lowest BCUT2D eigenvalue weighted by Crippen LogP contribution is -2.40. The number of benzene rings is 1. The molecule has 17 heavy (non-hydrogen) atoms. The van der Waals surface area contributed by atoms with Crippen LogP contribution in [0.15, 0.2) is 30.4 Å². The standard InChI is InChI=1S/C14H20N2O/c1-4-12-9-16(8-10(2)3)13-6-5-11(15)7-14(13)17-12/h5-7,12H,2,4,8-9,15H2,1,3H3. The molecule has 0 radical (unpaired) electrons. The zero-order valence-electron chi connectivity index (χ0n) is 10.6. The Balaban J connectivity index is 2.32. The molecule has 1 aromatic rings. The zero-order valence-corrected chi connectivity index (χ0v) is 10.6. The number of nitrogens with zero attached hydrogens (tertiary/aromatic N) is 1. The van der Waals surface area contributed by atoms with Crippen molar-refractivity contribution >= 4 is 11.4 Å². The molecule has 0 saturated heterocycles. The minimum absolute atomic E-state index is 0.239. The molecular formula is C14H20N2O. The fourth-order valence-electron chi connectivity index (χ4n) is 2.14. The number of anilines is 2. The number of hydrogen-bond acceptors (Lipinski definition) is 3. The second-order valence-corrected chi connectivity index (χ2v) is 4.71. The summed E-state index contributed by atoms with van der Waals surface area (Å²) in [7, 11) is 0. The first-order valence-corrected chi connectivity index (χ1v) is 6.05. The highest BCUT2D eigenvalue weighted by molar-refractivity contribution is 5.65. The first-order valence-electron chi connectivity index (χ1n) is 6.05. The van der Waals surface area contributed by atoms with E-state index in [4.69, 9.17) is 10.5 Å². The van der Waals surface area contributed by atoms with Crippen LogP contribution in [0.5, 0.6) is 5.75 Å². The molecular weight excluding hydrogens is 212 g/mol.